The highest BCUT2D eigenvalue weighted by molar-refractivity contribution is 5.77. The van der Waals surface area contributed by atoms with Gasteiger partial charge in [-0.2, -0.15) is 0 Å². The molecule has 0 radical (unpaired) electrons. The first kappa shape index (κ1) is 8.84. The standard InChI is InChI=1S/C11H9N5/c12-10-11(16-6-5-13-7-16)15-9-4-2-1-3-8(9)14-10/h1-7H,(H2,12,14). The van der Waals surface area contributed by atoms with E-state index in [0.29, 0.717) is 11.6 Å². The van der Waals surface area contributed by atoms with Crippen LogP contribution in [-0.2, 0) is 0 Å². The van der Waals surface area contributed by atoms with Crippen LogP contribution in [0, 0.1) is 0 Å². The van der Waals surface area contributed by atoms with Crippen LogP contribution in [0.1, 0.15) is 0 Å². The zero-order valence-corrected chi connectivity index (χ0v) is 8.41. The number of hydrogen-bond donors (Lipinski definition) is 1. The number of rotatable bonds is 1. The Bertz CT molecular complexity index is 630. The molecule has 3 aromatic rings. The summed E-state index contributed by atoms with van der Waals surface area (Å²) in [5, 5.41) is 0. The van der Waals surface area contributed by atoms with Gasteiger partial charge < -0.3 is 5.73 Å². The zero-order valence-electron chi connectivity index (χ0n) is 8.41. The summed E-state index contributed by atoms with van der Waals surface area (Å²) >= 11 is 0. The van der Waals surface area contributed by atoms with E-state index in [4.69, 9.17) is 5.73 Å². The molecule has 5 nitrogen and oxygen atoms in total. The Balaban J connectivity index is 2.30. The van der Waals surface area contributed by atoms with Crippen molar-refractivity contribution < 1.29 is 0 Å². The van der Waals surface area contributed by atoms with Crippen molar-refractivity contribution in [2.45, 2.75) is 0 Å². The van der Waals surface area contributed by atoms with Gasteiger partial charge in [-0.25, -0.2) is 15.0 Å². The number of nitrogens with two attached hydrogens (primary N) is 1. The van der Waals surface area contributed by atoms with E-state index in [9.17, 15) is 0 Å². The van der Waals surface area contributed by atoms with Crippen LogP contribution in [0.5, 0.6) is 0 Å². The minimum absolute atomic E-state index is 0.400. The highest BCUT2D eigenvalue weighted by Gasteiger charge is 2.06. The number of benzene rings is 1. The van der Waals surface area contributed by atoms with Crippen molar-refractivity contribution >= 4 is 16.9 Å². The fourth-order valence-corrected chi connectivity index (χ4v) is 1.58. The van der Waals surface area contributed by atoms with E-state index in [1.54, 1.807) is 23.3 Å². The average Bonchev–Trinajstić information content (AvgIpc) is 2.81. The second kappa shape index (κ2) is 3.30. The Morgan fingerprint density at radius 2 is 1.81 bits per heavy atom. The SMILES string of the molecule is Nc1nc2ccccc2nc1-n1ccnc1. The molecular formula is C11H9N5. The summed E-state index contributed by atoms with van der Waals surface area (Å²) in [5.41, 5.74) is 7.47. The van der Waals surface area contributed by atoms with E-state index in [1.807, 2.05) is 24.3 Å². The Morgan fingerprint density at radius 1 is 1.06 bits per heavy atom. The quantitative estimate of drug-likeness (QED) is 0.660. The lowest BCUT2D eigenvalue weighted by Crippen LogP contribution is -2.03. The van der Waals surface area contributed by atoms with Crippen molar-refractivity contribution in [3.05, 3.63) is 43.0 Å². The van der Waals surface area contributed by atoms with Crippen molar-refractivity contribution in [1.82, 2.24) is 19.5 Å². The van der Waals surface area contributed by atoms with Crippen LogP contribution >= 0.6 is 0 Å². The number of aromatic nitrogens is 4. The third-order valence-electron chi connectivity index (χ3n) is 2.33. The van der Waals surface area contributed by atoms with E-state index >= 15 is 0 Å². The second-order valence-electron chi connectivity index (χ2n) is 3.39. The van der Waals surface area contributed by atoms with E-state index in [0.717, 1.165) is 11.0 Å². The summed E-state index contributed by atoms with van der Waals surface area (Å²) in [5.74, 6) is 1.01. The van der Waals surface area contributed by atoms with Gasteiger partial charge in [0.15, 0.2) is 11.6 Å². The number of anilines is 1. The molecule has 0 atom stereocenters. The molecule has 0 fully saturated rings. The van der Waals surface area contributed by atoms with Gasteiger partial charge in [-0.3, -0.25) is 4.57 Å². The van der Waals surface area contributed by atoms with Crippen LogP contribution in [0.4, 0.5) is 5.82 Å². The maximum Gasteiger partial charge on any atom is 0.181 e. The minimum Gasteiger partial charge on any atom is -0.381 e. The van der Waals surface area contributed by atoms with E-state index in [2.05, 4.69) is 15.0 Å². The fraction of sp³-hybridized carbons (Fsp3) is 0. The molecule has 0 aliphatic rings. The summed E-state index contributed by atoms with van der Waals surface area (Å²) in [6.07, 6.45) is 5.11. The number of fused-ring (bicyclic) bond motifs is 1. The molecule has 0 saturated carbocycles. The van der Waals surface area contributed by atoms with Crippen LogP contribution in [0.3, 0.4) is 0 Å². The third-order valence-corrected chi connectivity index (χ3v) is 2.33. The van der Waals surface area contributed by atoms with Gasteiger partial charge >= 0.3 is 0 Å². The van der Waals surface area contributed by atoms with Gasteiger partial charge in [-0.15, -0.1) is 0 Å². The first-order valence-electron chi connectivity index (χ1n) is 4.85. The zero-order chi connectivity index (χ0) is 11.0. The molecule has 2 aromatic heterocycles. The number of nitrogen functional groups attached to an aromatic ring is 1. The van der Waals surface area contributed by atoms with Crippen molar-refractivity contribution in [3.8, 4) is 5.82 Å². The molecule has 5 heteroatoms. The monoisotopic (exact) mass is 211 g/mol. The second-order valence-corrected chi connectivity index (χ2v) is 3.39. The topological polar surface area (TPSA) is 69.6 Å². The Kier molecular flexibility index (Phi) is 1.83. The summed E-state index contributed by atoms with van der Waals surface area (Å²) in [6.45, 7) is 0. The minimum atomic E-state index is 0.400. The number of hydrogen-bond acceptors (Lipinski definition) is 4. The molecule has 0 aliphatic heterocycles. The van der Waals surface area contributed by atoms with Crippen molar-refractivity contribution in [3.63, 3.8) is 0 Å². The first-order valence-corrected chi connectivity index (χ1v) is 4.85. The lowest BCUT2D eigenvalue weighted by molar-refractivity contribution is 0.996. The van der Waals surface area contributed by atoms with Crippen LogP contribution in [-0.4, -0.2) is 19.5 Å². The van der Waals surface area contributed by atoms with Gasteiger partial charge in [0, 0.05) is 12.4 Å². The lowest BCUT2D eigenvalue weighted by atomic mass is 10.3. The Morgan fingerprint density at radius 3 is 2.50 bits per heavy atom. The average molecular weight is 211 g/mol. The summed E-state index contributed by atoms with van der Waals surface area (Å²) in [6, 6.07) is 7.62. The van der Waals surface area contributed by atoms with E-state index in [-0.39, 0.29) is 0 Å². The predicted octanol–water partition coefficient (Wildman–Crippen LogP) is 1.40. The van der Waals surface area contributed by atoms with Gasteiger partial charge in [0.1, 0.15) is 6.33 Å². The lowest BCUT2D eigenvalue weighted by Gasteiger charge is -2.05. The van der Waals surface area contributed by atoms with Gasteiger partial charge in [-0.1, -0.05) is 12.1 Å². The Hall–Kier alpha value is -2.43. The maximum absolute atomic E-state index is 5.86. The molecule has 78 valence electrons. The van der Waals surface area contributed by atoms with E-state index < -0.39 is 0 Å². The van der Waals surface area contributed by atoms with Crippen molar-refractivity contribution in [2.75, 3.05) is 5.73 Å². The van der Waals surface area contributed by atoms with Gasteiger partial charge in [0.25, 0.3) is 0 Å². The molecule has 1 aromatic carbocycles. The van der Waals surface area contributed by atoms with Gasteiger partial charge in [-0.05, 0) is 12.1 Å². The highest BCUT2D eigenvalue weighted by atomic mass is 15.1. The molecule has 0 amide bonds. The molecule has 3 rings (SSSR count). The fourth-order valence-electron chi connectivity index (χ4n) is 1.58. The van der Waals surface area contributed by atoms with Gasteiger partial charge in [0.2, 0.25) is 0 Å². The molecule has 0 unspecified atom stereocenters. The third kappa shape index (κ3) is 1.30. The smallest absolute Gasteiger partial charge is 0.181 e. The number of nitrogens with zero attached hydrogens (tertiary/aromatic N) is 4. The summed E-state index contributed by atoms with van der Waals surface area (Å²) in [7, 11) is 0. The van der Waals surface area contributed by atoms with Crippen LogP contribution < -0.4 is 5.73 Å². The molecular weight excluding hydrogens is 202 g/mol. The van der Waals surface area contributed by atoms with Crippen LogP contribution in [0.2, 0.25) is 0 Å². The molecule has 16 heavy (non-hydrogen) atoms. The maximum atomic E-state index is 5.86. The Labute approximate surface area is 91.6 Å². The first-order chi connectivity index (χ1) is 7.84. The normalized spacial score (nSPS) is 10.8. The molecule has 0 saturated heterocycles. The van der Waals surface area contributed by atoms with Gasteiger partial charge in [0.05, 0.1) is 11.0 Å². The summed E-state index contributed by atoms with van der Waals surface area (Å²) in [4.78, 5) is 12.7. The number of imidazole rings is 1. The molecule has 0 spiro atoms. The largest absolute Gasteiger partial charge is 0.381 e. The predicted molar refractivity (Wildman–Crippen MR) is 61.1 cm³/mol. The van der Waals surface area contributed by atoms with E-state index in [1.165, 1.54) is 0 Å². The van der Waals surface area contributed by atoms with Crippen LogP contribution in [0.25, 0.3) is 16.9 Å². The highest BCUT2D eigenvalue weighted by Crippen LogP contribution is 2.17. The number of para-hydroxylation sites is 2. The molecule has 0 bridgehead atoms. The van der Waals surface area contributed by atoms with Crippen LogP contribution in [0.15, 0.2) is 43.0 Å². The van der Waals surface area contributed by atoms with Crippen molar-refractivity contribution in [2.24, 2.45) is 0 Å². The molecule has 0 aliphatic carbocycles. The molecule has 2 N–H and O–H groups in total. The summed E-state index contributed by atoms with van der Waals surface area (Å²) < 4.78 is 1.74. The molecule has 2 heterocycles. The van der Waals surface area contributed by atoms with Crippen molar-refractivity contribution in [1.29, 1.82) is 0 Å².